The van der Waals surface area contributed by atoms with Crippen LogP contribution in [0.25, 0.3) is 0 Å². The first-order valence-electron chi connectivity index (χ1n) is 7.29. The maximum atomic E-state index is 12.1. The molecule has 0 aliphatic carbocycles. The lowest BCUT2D eigenvalue weighted by Gasteiger charge is -2.13. The van der Waals surface area contributed by atoms with Gasteiger partial charge < -0.3 is 24.5 Å². The molecule has 2 aromatic rings. The molecule has 0 spiro atoms. The summed E-state index contributed by atoms with van der Waals surface area (Å²) in [6.45, 7) is -0.00533. The van der Waals surface area contributed by atoms with E-state index >= 15 is 0 Å². The average Bonchev–Trinajstić information content (AvgIpc) is 3.10. The molecule has 26 heavy (non-hydrogen) atoms. The summed E-state index contributed by atoms with van der Waals surface area (Å²) in [6.07, 6.45) is -3.93. The second-order valence-electron chi connectivity index (χ2n) is 4.98. The van der Waals surface area contributed by atoms with Crippen molar-refractivity contribution in [2.75, 3.05) is 19.0 Å². The van der Waals surface area contributed by atoms with E-state index < -0.39 is 30.0 Å². The lowest BCUT2D eigenvalue weighted by atomic mass is 10.2. The number of benzene rings is 1. The minimum atomic E-state index is -4.81. The normalized spacial score (nSPS) is 12.3. The number of furan rings is 1. The van der Waals surface area contributed by atoms with Gasteiger partial charge in [-0.1, -0.05) is 0 Å². The number of hydrogen-bond acceptors (Lipinski definition) is 5. The van der Waals surface area contributed by atoms with Crippen LogP contribution in [0.1, 0.15) is 11.9 Å². The molecule has 1 atom stereocenters. The van der Waals surface area contributed by atoms with E-state index in [1.54, 1.807) is 12.1 Å². The third-order valence-electron chi connectivity index (χ3n) is 3.15. The van der Waals surface area contributed by atoms with Gasteiger partial charge >= 0.3 is 18.2 Å². The van der Waals surface area contributed by atoms with Crippen LogP contribution in [0.4, 0.5) is 18.9 Å². The van der Waals surface area contributed by atoms with Gasteiger partial charge in [-0.3, -0.25) is 9.59 Å². The van der Waals surface area contributed by atoms with E-state index in [1.165, 1.54) is 25.5 Å². The van der Waals surface area contributed by atoms with Gasteiger partial charge in [0.15, 0.2) is 0 Å². The predicted octanol–water partition coefficient (Wildman–Crippen LogP) is 2.62. The molecule has 1 aromatic heterocycles. The van der Waals surface area contributed by atoms with Crippen molar-refractivity contribution < 1.29 is 36.7 Å². The van der Waals surface area contributed by atoms with Crippen molar-refractivity contribution >= 4 is 17.5 Å². The number of ether oxygens (including phenoxy) is 2. The van der Waals surface area contributed by atoms with E-state index in [9.17, 15) is 22.8 Å². The Hall–Kier alpha value is -3.01. The maximum Gasteiger partial charge on any atom is 0.573 e. The zero-order valence-corrected chi connectivity index (χ0v) is 13.5. The Bertz CT molecular complexity index is 729. The number of hydrogen-bond donors (Lipinski definition) is 2. The van der Waals surface area contributed by atoms with Crippen molar-refractivity contribution in [3.63, 3.8) is 0 Å². The summed E-state index contributed by atoms with van der Waals surface area (Å²) in [6, 6.07) is 7.69. The standard InChI is InChI=1S/C16H15F3N2O5/c1-24-13(12-3-2-8-25-12)9-20-14(22)15(23)21-10-4-6-11(7-5-10)26-16(17,18)19/h2-8,13H,9H2,1H3,(H,20,22)(H,21,23). The van der Waals surface area contributed by atoms with E-state index in [2.05, 4.69) is 15.4 Å². The molecule has 10 heteroatoms. The van der Waals surface area contributed by atoms with Crippen molar-refractivity contribution in [3.05, 3.63) is 48.4 Å². The Labute approximate surface area is 146 Å². The molecule has 1 heterocycles. The van der Waals surface area contributed by atoms with Crippen molar-refractivity contribution in [2.45, 2.75) is 12.5 Å². The smallest absolute Gasteiger partial charge is 0.467 e. The van der Waals surface area contributed by atoms with Gasteiger partial charge in [-0.2, -0.15) is 0 Å². The highest BCUT2D eigenvalue weighted by Gasteiger charge is 2.31. The lowest BCUT2D eigenvalue weighted by Crippen LogP contribution is -2.37. The van der Waals surface area contributed by atoms with Gasteiger partial charge in [-0.05, 0) is 36.4 Å². The van der Waals surface area contributed by atoms with Crippen molar-refractivity contribution in [1.29, 1.82) is 0 Å². The molecule has 0 saturated heterocycles. The summed E-state index contributed by atoms with van der Waals surface area (Å²) in [7, 11) is 1.42. The van der Waals surface area contributed by atoms with E-state index in [1.807, 2.05) is 0 Å². The molecule has 2 N–H and O–H groups in total. The van der Waals surface area contributed by atoms with E-state index in [4.69, 9.17) is 9.15 Å². The van der Waals surface area contributed by atoms with Crippen LogP contribution in [0.2, 0.25) is 0 Å². The molecule has 0 aliphatic heterocycles. The van der Waals surface area contributed by atoms with Crippen LogP contribution >= 0.6 is 0 Å². The summed E-state index contributed by atoms with van der Waals surface area (Å²) < 4.78 is 50.2. The first-order valence-corrected chi connectivity index (χ1v) is 7.29. The Balaban J connectivity index is 1.85. The Morgan fingerprint density at radius 2 is 1.85 bits per heavy atom. The lowest BCUT2D eigenvalue weighted by molar-refractivity contribution is -0.274. The first kappa shape index (κ1) is 19.3. The van der Waals surface area contributed by atoms with Crippen molar-refractivity contribution in [3.8, 4) is 5.75 Å². The quantitative estimate of drug-likeness (QED) is 0.761. The number of halogens is 3. The summed E-state index contributed by atoms with van der Waals surface area (Å²) in [5, 5.41) is 4.63. The molecular formula is C16H15F3N2O5. The van der Waals surface area contributed by atoms with Crippen molar-refractivity contribution in [2.24, 2.45) is 0 Å². The first-order chi connectivity index (χ1) is 12.3. The average molecular weight is 372 g/mol. The maximum absolute atomic E-state index is 12.1. The molecule has 0 radical (unpaired) electrons. The number of nitrogens with one attached hydrogen (secondary N) is 2. The molecule has 7 nitrogen and oxygen atoms in total. The van der Waals surface area contributed by atoms with E-state index in [-0.39, 0.29) is 12.2 Å². The molecular weight excluding hydrogens is 357 g/mol. The minimum absolute atomic E-state index is 0.00533. The monoisotopic (exact) mass is 372 g/mol. The van der Waals surface area contributed by atoms with Gasteiger partial charge in [0.2, 0.25) is 0 Å². The summed E-state index contributed by atoms with van der Waals surface area (Å²) in [4.78, 5) is 23.6. The SMILES string of the molecule is COC(CNC(=O)C(=O)Nc1ccc(OC(F)(F)F)cc1)c1ccco1. The molecule has 0 bridgehead atoms. The van der Waals surface area contributed by atoms with Crippen molar-refractivity contribution in [1.82, 2.24) is 5.32 Å². The third kappa shape index (κ3) is 5.81. The van der Waals surface area contributed by atoms with Crippen LogP contribution in [0, 0.1) is 0 Å². The fourth-order valence-electron chi connectivity index (χ4n) is 1.97. The van der Waals surface area contributed by atoms with Crippen LogP contribution in [-0.4, -0.2) is 31.8 Å². The molecule has 2 rings (SSSR count). The number of amides is 2. The van der Waals surface area contributed by atoms with Crippen LogP contribution in [0.5, 0.6) is 5.75 Å². The topological polar surface area (TPSA) is 89.8 Å². The molecule has 0 saturated carbocycles. The largest absolute Gasteiger partial charge is 0.573 e. The second-order valence-corrected chi connectivity index (χ2v) is 4.98. The number of alkyl halides is 3. The van der Waals surface area contributed by atoms with Crippen LogP contribution in [0.15, 0.2) is 47.1 Å². The fourth-order valence-corrected chi connectivity index (χ4v) is 1.97. The summed E-state index contributed by atoms with van der Waals surface area (Å²) in [5.74, 6) is -1.88. The highest BCUT2D eigenvalue weighted by Crippen LogP contribution is 2.24. The Kier molecular flexibility index (Phi) is 6.23. The van der Waals surface area contributed by atoms with Gasteiger partial charge in [0, 0.05) is 12.8 Å². The van der Waals surface area contributed by atoms with Gasteiger partial charge in [-0.15, -0.1) is 13.2 Å². The van der Waals surface area contributed by atoms with E-state index in [0.717, 1.165) is 12.1 Å². The van der Waals surface area contributed by atoms with Crippen LogP contribution in [-0.2, 0) is 14.3 Å². The third-order valence-corrected chi connectivity index (χ3v) is 3.15. The highest BCUT2D eigenvalue weighted by atomic mass is 19.4. The van der Waals surface area contributed by atoms with Gasteiger partial charge in [0.05, 0.1) is 12.8 Å². The van der Waals surface area contributed by atoms with Gasteiger partial charge in [0.25, 0.3) is 0 Å². The number of carbonyl (C=O) groups is 2. The fraction of sp³-hybridized carbons (Fsp3) is 0.250. The van der Waals surface area contributed by atoms with E-state index in [0.29, 0.717) is 5.76 Å². The number of carbonyl (C=O) groups excluding carboxylic acids is 2. The van der Waals surface area contributed by atoms with Gasteiger partial charge in [0.1, 0.15) is 17.6 Å². The molecule has 1 unspecified atom stereocenters. The number of rotatable bonds is 6. The van der Waals surface area contributed by atoms with Gasteiger partial charge in [-0.25, -0.2) is 0 Å². The predicted molar refractivity (Wildman–Crippen MR) is 83.2 cm³/mol. The zero-order valence-electron chi connectivity index (χ0n) is 13.5. The number of methoxy groups -OCH3 is 1. The Morgan fingerprint density at radius 1 is 1.15 bits per heavy atom. The van der Waals surface area contributed by atoms with Crippen LogP contribution in [0.3, 0.4) is 0 Å². The molecule has 1 aromatic carbocycles. The van der Waals surface area contributed by atoms with Crippen LogP contribution < -0.4 is 15.4 Å². The Morgan fingerprint density at radius 3 is 2.38 bits per heavy atom. The molecule has 0 fully saturated rings. The highest BCUT2D eigenvalue weighted by molar-refractivity contribution is 6.39. The zero-order chi connectivity index (χ0) is 19.2. The minimum Gasteiger partial charge on any atom is -0.467 e. The summed E-state index contributed by atoms with van der Waals surface area (Å²) >= 11 is 0. The number of anilines is 1. The second kappa shape index (κ2) is 8.39. The summed E-state index contributed by atoms with van der Waals surface area (Å²) in [5.41, 5.74) is 0.133. The molecule has 2 amide bonds. The molecule has 0 aliphatic rings. The molecule has 140 valence electrons.